The molecule has 0 fully saturated rings. The summed E-state index contributed by atoms with van der Waals surface area (Å²) in [4.78, 5) is 14.4. The third-order valence-corrected chi connectivity index (χ3v) is 6.08. The minimum Gasteiger partial charge on any atom is -0.244 e. The minimum atomic E-state index is -3.85. The molecule has 1 aliphatic rings. The van der Waals surface area contributed by atoms with E-state index in [2.05, 4.69) is 9.32 Å². The van der Waals surface area contributed by atoms with Gasteiger partial charge in [-0.2, -0.15) is 5.90 Å². The fourth-order valence-electron chi connectivity index (χ4n) is 3.47. The van der Waals surface area contributed by atoms with Crippen LogP contribution in [0.2, 0.25) is 0 Å². The summed E-state index contributed by atoms with van der Waals surface area (Å²) in [6, 6.07) is 14.2. The Morgan fingerprint density at radius 3 is 2.40 bits per heavy atom. The Hall–Kier alpha value is -2.60. The third kappa shape index (κ3) is 3.43. The SMILES string of the molecule is CC.NOOSc1ccc2nc3c(nc2c1)-c1cccc2cc(S(N)(=O)=O)cc-3c12. The highest BCUT2D eigenvalue weighted by molar-refractivity contribution is 7.94. The molecule has 30 heavy (non-hydrogen) atoms. The zero-order chi connectivity index (χ0) is 21.5. The molecule has 154 valence electrons. The van der Waals surface area contributed by atoms with Crippen molar-refractivity contribution in [3.8, 4) is 22.5 Å². The van der Waals surface area contributed by atoms with E-state index in [1.54, 1.807) is 24.3 Å². The van der Waals surface area contributed by atoms with Crippen molar-refractivity contribution in [2.45, 2.75) is 23.6 Å². The quantitative estimate of drug-likeness (QED) is 0.243. The highest BCUT2D eigenvalue weighted by Crippen LogP contribution is 2.46. The summed E-state index contributed by atoms with van der Waals surface area (Å²) in [5, 5.41) is 7.04. The Balaban J connectivity index is 0.00000106. The van der Waals surface area contributed by atoms with Gasteiger partial charge in [0, 0.05) is 21.4 Å². The van der Waals surface area contributed by atoms with Crippen LogP contribution in [0.4, 0.5) is 0 Å². The van der Waals surface area contributed by atoms with Crippen molar-refractivity contribution in [3.05, 3.63) is 48.5 Å². The van der Waals surface area contributed by atoms with Crippen molar-refractivity contribution in [3.63, 3.8) is 0 Å². The first-order valence-electron chi connectivity index (χ1n) is 9.08. The summed E-state index contributed by atoms with van der Waals surface area (Å²) in [6.45, 7) is 4.00. The van der Waals surface area contributed by atoms with Crippen LogP contribution in [-0.2, 0) is 19.3 Å². The van der Waals surface area contributed by atoms with Crippen molar-refractivity contribution in [2.75, 3.05) is 0 Å². The number of nitrogens with zero attached hydrogens (tertiary/aromatic N) is 2. The second-order valence-electron chi connectivity index (χ2n) is 6.24. The van der Waals surface area contributed by atoms with Crippen LogP contribution in [-0.4, -0.2) is 18.4 Å². The predicted molar refractivity (Wildman–Crippen MR) is 116 cm³/mol. The molecule has 0 saturated heterocycles. The molecule has 1 aliphatic carbocycles. The summed E-state index contributed by atoms with van der Waals surface area (Å²) in [5.74, 6) is 4.87. The van der Waals surface area contributed by atoms with Gasteiger partial charge in [-0.25, -0.2) is 23.5 Å². The lowest BCUT2D eigenvalue weighted by atomic mass is 10.0. The largest absolute Gasteiger partial charge is 0.244 e. The van der Waals surface area contributed by atoms with Gasteiger partial charge in [-0.05, 0) is 35.7 Å². The van der Waals surface area contributed by atoms with E-state index in [1.807, 2.05) is 38.1 Å². The zero-order valence-corrected chi connectivity index (χ0v) is 17.8. The topological polar surface area (TPSA) is 130 Å². The van der Waals surface area contributed by atoms with Gasteiger partial charge in [0.2, 0.25) is 10.0 Å². The lowest BCUT2D eigenvalue weighted by Crippen LogP contribution is -2.12. The van der Waals surface area contributed by atoms with Crippen LogP contribution in [0.25, 0.3) is 44.3 Å². The van der Waals surface area contributed by atoms with Crippen LogP contribution in [0.15, 0.2) is 58.3 Å². The number of primary sulfonamides is 1. The summed E-state index contributed by atoms with van der Waals surface area (Å²) in [5.41, 5.74) is 4.26. The average molecular weight is 443 g/mol. The molecule has 10 heteroatoms. The maximum atomic E-state index is 11.9. The zero-order valence-electron chi connectivity index (χ0n) is 16.1. The normalized spacial score (nSPS) is 12.0. The first kappa shape index (κ1) is 20.7. The first-order valence-corrected chi connectivity index (χ1v) is 11.4. The van der Waals surface area contributed by atoms with E-state index in [9.17, 15) is 8.42 Å². The van der Waals surface area contributed by atoms with E-state index < -0.39 is 10.0 Å². The number of sulfonamides is 1. The molecule has 0 radical (unpaired) electrons. The number of aromatic nitrogens is 2. The van der Waals surface area contributed by atoms with E-state index in [0.717, 1.165) is 33.3 Å². The maximum Gasteiger partial charge on any atom is 0.238 e. The van der Waals surface area contributed by atoms with Gasteiger partial charge in [0.1, 0.15) is 0 Å². The van der Waals surface area contributed by atoms with E-state index in [-0.39, 0.29) is 4.90 Å². The Morgan fingerprint density at radius 1 is 0.933 bits per heavy atom. The molecular weight excluding hydrogens is 424 g/mol. The fourth-order valence-corrected chi connectivity index (χ4v) is 4.44. The number of hydrogen-bond acceptors (Lipinski definition) is 8. The lowest BCUT2D eigenvalue weighted by molar-refractivity contribution is -0.195. The van der Waals surface area contributed by atoms with Gasteiger partial charge in [0.05, 0.1) is 39.4 Å². The maximum absolute atomic E-state index is 11.9. The van der Waals surface area contributed by atoms with E-state index >= 15 is 0 Å². The van der Waals surface area contributed by atoms with Crippen LogP contribution < -0.4 is 11.0 Å². The number of hydrogen-bond donors (Lipinski definition) is 2. The van der Waals surface area contributed by atoms with E-state index in [1.165, 1.54) is 0 Å². The molecule has 5 rings (SSSR count). The molecular formula is C20H18N4O4S2. The Bertz CT molecular complexity index is 1390. The van der Waals surface area contributed by atoms with Gasteiger partial charge in [-0.3, -0.25) is 0 Å². The minimum absolute atomic E-state index is 0.0487. The van der Waals surface area contributed by atoms with Crippen LogP contribution in [0.3, 0.4) is 0 Å². The highest BCUT2D eigenvalue weighted by Gasteiger charge is 2.26. The van der Waals surface area contributed by atoms with Crippen LogP contribution in [0, 0.1) is 0 Å². The van der Waals surface area contributed by atoms with Crippen molar-refractivity contribution >= 4 is 43.9 Å². The predicted octanol–water partition coefficient (Wildman–Crippen LogP) is 3.93. The smallest absolute Gasteiger partial charge is 0.238 e. The Labute approximate surface area is 177 Å². The second-order valence-corrected chi connectivity index (χ2v) is 8.57. The summed E-state index contributed by atoms with van der Waals surface area (Å²) in [6.07, 6.45) is 0. The number of nitrogens with two attached hydrogens (primary N) is 2. The Morgan fingerprint density at radius 2 is 1.67 bits per heavy atom. The molecule has 4 N–H and O–H groups in total. The molecule has 0 bridgehead atoms. The van der Waals surface area contributed by atoms with Gasteiger partial charge in [-0.1, -0.05) is 32.0 Å². The standard InChI is InChI=1S/C18H12N4O4S2.C2H6/c19-25-26-27-10-4-5-14-15(7-10)22-17-12-3-1-2-9-6-11(28(20,23)24)8-13(16(9)12)18(17)21-14;1-2/h1-8H,19H2,(H2,20,23,24);1-2H3. The number of benzene rings is 3. The molecule has 1 heterocycles. The molecule has 0 aliphatic heterocycles. The fraction of sp³-hybridized carbons (Fsp3) is 0.100. The lowest BCUT2D eigenvalue weighted by Gasteiger charge is -2.06. The summed E-state index contributed by atoms with van der Waals surface area (Å²) in [7, 11) is -3.85. The average Bonchev–Trinajstić information content (AvgIpc) is 3.06. The van der Waals surface area contributed by atoms with Gasteiger partial charge >= 0.3 is 0 Å². The van der Waals surface area contributed by atoms with Crippen molar-refractivity contribution in [1.29, 1.82) is 0 Å². The van der Waals surface area contributed by atoms with E-state index in [0.29, 0.717) is 28.0 Å². The van der Waals surface area contributed by atoms with E-state index in [4.69, 9.17) is 21.0 Å². The van der Waals surface area contributed by atoms with Crippen LogP contribution in [0.1, 0.15) is 13.8 Å². The van der Waals surface area contributed by atoms with Crippen molar-refractivity contribution < 1.29 is 17.7 Å². The van der Waals surface area contributed by atoms with Crippen molar-refractivity contribution in [2.24, 2.45) is 11.0 Å². The van der Waals surface area contributed by atoms with Gasteiger partial charge in [-0.15, -0.1) is 9.32 Å². The molecule has 0 spiro atoms. The van der Waals surface area contributed by atoms with Crippen LogP contribution in [0.5, 0.6) is 0 Å². The molecule has 0 saturated carbocycles. The first-order chi connectivity index (χ1) is 14.5. The molecule has 3 aromatic carbocycles. The van der Waals surface area contributed by atoms with Crippen molar-refractivity contribution in [1.82, 2.24) is 9.97 Å². The van der Waals surface area contributed by atoms with Crippen LogP contribution >= 0.6 is 12.0 Å². The summed E-state index contributed by atoms with van der Waals surface area (Å²) >= 11 is 0.959. The number of rotatable bonds is 4. The molecule has 1 aromatic heterocycles. The molecule has 0 unspecified atom stereocenters. The molecule has 0 amide bonds. The van der Waals surface area contributed by atoms with Gasteiger partial charge < -0.3 is 0 Å². The summed E-state index contributed by atoms with van der Waals surface area (Å²) < 4.78 is 28.5. The third-order valence-electron chi connectivity index (χ3n) is 4.59. The van der Waals surface area contributed by atoms with Gasteiger partial charge in [0.25, 0.3) is 0 Å². The second kappa shape index (κ2) is 7.91. The molecule has 8 nitrogen and oxygen atoms in total. The molecule has 0 atom stereocenters. The highest BCUT2D eigenvalue weighted by atomic mass is 32.2. The van der Waals surface area contributed by atoms with Gasteiger partial charge in [0.15, 0.2) is 0 Å². The number of fused-ring (bicyclic) bond motifs is 4. The molecule has 4 aromatic rings. The monoisotopic (exact) mass is 442 g/mol. The Kier molecular flexibility index (Phi) is 5.45.